The summed E-state index contributed by atoms with van der Waals surface area (Å²) in [6.45, 7) is 0. The van der Waals surface area contributed by atoms with Crippen LogP contribution in [0.4, 0.5) is 5.69 Å². The lowest BCUT2D eigenvalue weighted by Crippen LogP contribution is -1.93. The maximum atomic E-state index is 5.86. The zero-order valence-corrected chi connectivity index (χ0v) is 9.66. The van der Waals surface area contributed by atoms with Gasteiger partial charge in [-0.1, -0.05) is 29.3 Å². The average Bonchev–Trinajstić information content (AvgIpc) is 2.25. The van der Waals surface area contributed by atoms with Crippen LogP contribution in [0.25, 0.3) is 0 Å². The maximum absolute atomic E-state index is 5.86. The van der Waals surface area contributed by atoms with Crippen molar-refractivity contribution >= 4 is 28.9 Å². The lowest BCUT2D eigenvalue weighted by molar-refractivity contribution is 0.483. The molecular formula is C11H8Cl2N2O. The molecule has 1 heterocycles. The highest BCUT2D eigenvalue weighted by molar-refractivity contribution is 6.33. The molecular weight excluding hydrogens is 247 g/mol. The summed E-state index contributed by atoms with van der Waals surface area (Å²) in [5.41, 5.74) is 6.15. The number of nitrogens with two attached hydrogens (primary N) is 1. The Morgan fingerprint density at radius 1 is 1.19 bits per heavy atom. The number of hydrogen-bond acceptors (Lipinski definition) is 3. The van der Waals surface area contributed by atoms with Crippen molar-refractivity contribution in [1.29, 1.82) is 0 Å². The number of nitrogens with zero attached hydrogens (tertiary/aromatic N) is 1. The molecule has 0 fully saturated rings. The van der Waals surface area contributed by atoms with E-state index in [0.717, 1.165) is 0 Å². The van der Waals surface area contributed by atoms with Crippen molar-refractivity contribution < 1.29 is 4.74 Å². The summed E-state index contributed by atoms with van der Waals surface area (Å²) in [5.74, 6) is 0.998. The van der Waals surface area contributed by atoms with Crippen LogP contribution in [-0.2, 0) is 0 Å². The van der Waals surface area contributed by atoms with Crippen LogP contribution < -0.4 is 10.5 Å². The molecule has 0 atom stereocenters. The first-order valence-corrected chi connectivity index (χ1v) is 5.25. The first-order valence-electron chi connectivity index (χ1n) is 4.49. The summed E-state index contributed by atoms with van der Waals surface area (Å²) in [5, 5.41) is 0.950. The van der Waals surface area contributed by atoms with E-state index in [-0.39, 0.29) is 0 Å². The number of hydrogen-bond donors (Lipinski definition) is 1. The highest BCUT2D eigenvalue weighted by Gasteiger charge is 2.05. The third-order valence-corrected chi connectivity index (χ3v) is 2.46. The van der Waals surface area contributed by atoms with Crippen LogP contribution in [0.5, 0.6) is 11.5 Å². The minimum atomic E-state index is 0.393. The van der Waals surface area contributed by atoms with Gasteiger partial charge in [-0.3, -0.25) is 4.98 Å². The summed E-state index contributed by atoms with van der Waals surface area (Å²) in [6, 6.07) is 6.82. The lowest BCUT2D eigenvalue weighted by Gasteiger charge is -2.08. The zero-order valence-electron chi connectivity index (χ0n) is 8.15. The molecule has 0 radical (unpaired) electrons. The number of para-hydroxylation sites is 1. The topological polar surface area (TPSA) is 48.1 Å². The van der Waals surface area contributed by atoms with E-state index in [4.69, 9.17) is 33.7 Å². The molecule has 0 bridgehead atoms. The number of anilines is 1. The molecule has 3 nitrogen and oxygen atoms in total. The van der Waals surface area contributed by atoms with E-state index in [9.17, 15) is 0 Å². The van der Waals surface area contributed by atoms with Gasteiger partial charge in [0.05, 0.1) is 21.9 Å². The molecule has 0 aliphatic carbocycles. The van der Waals surface area contributed by atoms with E-state index in [1.807, 2.05) is 0 Å². The second-order valence-electron chi connectivity index (χ2n) is 3.09. The van der Waals surface area contributed by atoms with Gasteiger partial charge in [0, 0.05) is 12.3 Å². The number of nitrogen functional groups attached to an aromatic ring is 1. The maximum Gasteiger partial charge on any atom is 0.151 e. The Balaban J connectivity index is 2.31. The van der Waals surface area contributed by atoms with Gasteiger partial charge in [0.1, 0.15) is 5.75 Å². The molecule has 82 valence electrons. The molecule has 0 aliphatic rings. The molecule has 16 heavy (non-hydrogen) atoms. The smallest absolute Gasteiger partial charge is 0.151 e. The van der Waals surface area contributed by atoms with Crippen LogP contribution in [0.15, 0.2) is 36.7 Å². The fourth-order valence-corrected chi connectivity index (χ4v) is 1.51. The Morgan fingerprint density at radius 2 is 2.00 bits per heavy atom. The Kier molecular flexibility index (Phi) is 3.17. The quantitative estimate of drug-likeness (QED) is 0.831. The molecule has 0 aliphatic heterocycles. The number of aromatic nitrogens is 1. The van der Waals surface area contributed by atoms with Gasteiger partial charge in [-0.15, -0.1) is 0 Å². The number of benzene rings is 1. The molecule has 2 rings (SSSR count). The minimum absolute atomic E-state index is 0.393. The molecule has 1 aromatic heterocycles. The van der Waals surface area contributed by atoms with Gasteiger partial charge in [0.2, 0.25) is 0 Å². The van der Waals surface area contributed by atoms with Crippen molar-refractivity contribution in [3.8, 4) is 11.5 Å². The summed E-state index contributed by atoms with van der Waals surface area (Å²) in [7, 11) is 0. The van der Waals surface area contributed by atoms with E-state index < -0.39 is 0 Å². The first-order chi connectivity index (χ1) is 7.66. The van der Waals surface area contributed by atoms with Gasteiger partial charge in [0.15, 0.2) is 5.75 Å². The van der Waals surface area contributed by atoms with Crippen LogP contribution in [-0.4, -0.2) is 4.98 Å². The average molecular weight is 255 g/mol. The fourth-order valence-electron chi connectivity index (χ4n) is 1.18. The molecule has 0 saturated heterocycles. The van der Waals surface area contributed by atoms with Crippen molar-refractivity contribution in [2.45, 2.75) is 0 Å². The highest BCUT2D eigenvalue weighted by atomic mass is 35.5. The molecule has 2 N–H and O–H groups in total. The molecule has 0 saturated carbocycles. The number of pyridine rings is 1. The van der Waals surface area contributed by atoms with E-state index in [2.05, 4.69) is 4.98 Å². The molecule has 0 spiro atoms. The number of ether oxygens (including phenoxy) is 1. The monoisotopic (exact) mass is 254 g/mol. The third kappa shape index (κ3) is 2.38. The lowest BCUT2D eigenvalue weighted by atomic mass is 10.3. The molecule has 0 amide bonds. The molecule has 1 aromatic carbocycles. The fraction of sp³-hybridized carbons (Fsp3) is 0. The SMILES string of the molecule is Nc1c(Cl)cccc1Oc1cncc(Cl)c1. The second-order valence-corrected chi connectivity index (χ2v) is 3.94. The Morgan fingerprint density at radius 3 is 2.75 bits per heavy atom. The van der Waals surface area contributed by atoms with Crippen molar-refractivity contribution in [3.63, 3.8) is 0 Å². The Labute approximate surface area is 103 Å². The summed E-state index contributed by atoms with van der Waals surface area (Å²) in [4.78, 5) is 3.90. The largest absolute Gasteiger partial charge is 0.453 e. The predicted molar refractivity (Wildman–Crippen MR) is 65.2 cm³/mol. The molecule has 5 heteroatoms. The number of halogens is 2. The van der Waals surface area contributed by atoms with Gasteiger partial charge in [-0.05, 0) is 12.1 Å². The first kappa shape index (κ1) is 11.0. The van der Waals surface area contributed by atoms with Crippen LogP contribution in [0, 0.1) is 0 Å². The normalized spacial score (nSPS) is 10.1. The van der Waals surface area contributed by atoms with E-state index >= 15 is 0 Å². The summed E-state index contributed by atoms with van der Waals surface area (Å²) in [6.07, 6.45) is 3.07. The standard InChI is InChI=1S/C11H8Cl2N2O/c12-7-4-8(6-15-5-7)16-10-3-1-2-9(13)11(10)14/h1-6H,14H2. The highest BCUT2D eigenvalue weighted by Crippen LogP contribution is 2.32. The molecule has 2 aromatic rings. The van der Waals surface area contributed by atoms with Crippen molar-refractivity contribution in [1.82, 2.24) is 4.98 Å². The van der Waals surface area contributed by atoms with E-state index in [0.29, 0.717) is 27.2 Å². The van der Waals surface area contributed by atoms with Gasteiger partial charge in [-0.25, -0.2) is 0 Å². The zero-order chi connectivity index (χ0) is 11.5. The van der Waals surface area contributed by atoms with E-state index in [1.165, 1.54) is 6.20 Å². The van der Waals surface area contributed by atoms with Crippen molar-refractivity contribution in [2.24, 2.45) is 0 Å². The van der Waals surface area contributed by atoms with Crippen LogP contribution in [0.1, 0.15) is 0 Å². The summed E-state index contributed by atoms with van der Waals surface area (Å²) < 4.78 is 5.51. The Bertz CT molecular complexity index is 517. The van der Waals surface area contributed by atoms with E-state index in [1.54, 1.807) is 30.5 Å². The third-order valence-electron chi connectivity index (χ3n) is 1.92. The van der Waals surface area contributed by atoms with Gasteiger partial charge in [0.25, 0.3) is 0 Å². The van der Waals surface area contributed by atoms with Crippen LogP contribution >= 0.6 is 23.2 Å². The molecule has 0 unspecified atom stereocenters. The summed E-state index contributed by atoms with van der Waals surface area (Å²) >= 11 is 11.6. The van der Waals surface area contributed by atoms with Gasteiger partial charge in [-0.2, -0.15) is 0 Å². The predicted octanol–water partition coefficient (Wildman–Crippen LogP) is 3.76. The Hall–Kier alpha value is -1.45. The van der Waals surface area contributed by atoms with Gasteiger partial charge < -0.3 is 10.5 Å². The van der Waals surface area contributed by atoms with Crippen molar-refractivity contribution in [2.75, 3.05) is 5.73 Å². The van der Waals surface area contributed by atoms with Crippen molar-refractivity contribution in [3.05, 3.63) is 46.7 Å². The second kappa shape index (κ2) is 4.60. The van der Waals surface area contributed by atoms with Gasteiger partial charge >= 0.3 is 0 Å². The minimum Gasteiger partial charge on any atom is -0.453 e. The number of rotatable bonds is 2. The van der Waals surface area contributed by atoms with Crippen LogP contribution in [0.2, 0.25) is 10.0 Å². The van der Waals surface area contributed by atoms with Crippen LogP contribution in [0.3, 0.4) is 0 Å².